The van der Waals surface area contributed by atoms with Crippen molar-refractivity contribution in [2.75, 3.05) is 0 Å². The number of hydrogen-bond acceptors (Lipinski definition) is 2. The summed E-state index contributed by atoms with van der Waals surface area (Å²) in [7, 11) is 0. The molecule has 0 rings (SSSR count). The average molecular weight is 188 g/mol. The van der Waals surface area contributed by atoms with Gasteiger partial charge in [-0.15, -0.1) is 0 Å². The van der Waals surface area contributed by atoms with E-state index >= 15 is 0 Å². The molecule has 0 fully saturated rings. The Labute approximate surface area is 82.0 Å². The third-order valence-corrected chi connectivity index (χ3v) is 2.13. The molecule has 13 heavy (non-hydrogen) atoms. The highest BCUT2D eigenvalue weighted by molar-refractivity contribution is 4.81. The van der Waals surface area contributed by atoms with E-state index in [2.05, 4.69) is 6.92 Å². The second-order valence-corrected chi connectivity index (χ2v) is 4.94. The van der Waals surface area contributed by atoms with Crippen molar-refractivity contribution in [3.63, 3.8) is 0 Å². The number of aliphatic hydroxyl groups is 2. The topological polar surface area (TPSA) is 40.5 Å². The Morgan fingerprint density at radius 1 is 1.00 bits per heavy atom. The van der Waals surface area contributed by atoms with E-state index in [1.54, 1.807) is 20.8 Å². The van der Waals surface area contributed by atoms with E-state index in [9.17, 15) is 10.2 Å². The molecule has 2 nitrogen and oxygen atoms in total. The number of rotatable bonds is 6. The monoisotopic (exact) mass is 188 g/mol. The zero-order valence-corrected chi connectivity index (χ0v) is 9.43. The predicted molar refractivity (Wildman–Crippen MR) is 55.7 cm³/mol. The summed E-state index contributed by atoms with van der Waals surface area (Å²) in [6.07, 6.45) is 4.59. The molecule has 0 bridgehead atoms. The van der Waals surface area contributed by atoms with Crippen LogP contribution in [0.4, 0.5) is 0 Å². The maximum Gasteiger partial charge on any atom is 0.0646 e. The highest BCUT2D eigenvalue weighted by Crippen LogP contribution is 2.24. The highest BCUT2D eigenvalue weighted by Gasteiger charge is 2.28. The van der Waals surface area contributed by atoms with Crippen LogP contribution in [-0.4, -0.2) is 21.4 Å². The molecule has 0 spiro atoms. The van der Waals surface area contributed by atoms with E-state index in [1.807, 2.05) is 0 Å². The van der Waals surface area contributed by atoms with Crippen LogP contribution in [-0.2, 0) is 0 Å². The van der Waals surface area contributed by atoms with Crippen molar-refractivity contribution < 1.29 is 10.2 Å². The second-order valence-electron chi connectivity index (χ2n) is 4.94. The first kappa shape index (κ1) is 12.9. The molecule has 1 atom stereocenters. The van der Waals surface area contributed by atoms with Gasteiger partial charge in [0.05, 0.1) is 11.2 Å². The van der Waals surface area contributed by atoms with Crippen LogP contribution in [0.25, 0.3) is 0 Å². The lowest BCUT2D eigenvalue weighted by Gasteiger charge is -2.30. The molecular weight excluding hydrogens is 164 g/mol. The van der Waals surface area contributed by atoms with Crippen molar-refractivity contribution in [3.8, 4) is 0 Å². The van der Waals surface area contributed by atoms with Gasteiger partial charge in [-0.2, -0.15) is 0 Å². The molecule has 0 aromatic carbocycles. The Bertz CT molecular complexity index is 134. The van der Waals surface area contributed by atoms with Gasteiger partial charge in [0, 0.05) is 6.42 Å². The Hall–Kier alpha value is -0.0800. The molecule has 0 radical (unpaired) electrons. The van der Waals surface area contributed by atoms with Gasteiger partial charge < -0.3 is 10.2 Å². The molecule has 2 heteroatoms. The molecule has 0 heterocycles. The van der Waals surface area contributed by atoms with Gasteiger partial charge in [-0.3, -0.25) is 0 Å². The summed E-state index contributed by atoms with van der Waals surface area (Å²) in [4.78, 5) is 0. The van der Waals surface area contributed by atoms with Gasteiger partial charge >= 0.3 is 0 Å². The van der Waals surface area contributed by atoms with Crippen LogP contribution in [0.15, 0.2) is 0 Å². The molecule has 0 aromatic heterocycles. The first-order valence-corrected chi connectivity index (χ1v) is 5.21. The van der Waals surface area contributed by atoms with Gasteiger partial charge in [0.25, 0.3) is 0 Å². The molecule has 0 aliphatic carbocycles. The molecule has 0 aliphatic rings. The molecule has 1 unspecified atom stereocenters. The summed E-state index contributed by atoms with van der Waals surface area (Å²) in [6.45, 7) is 7.42. The van der Waals surface area contributed by atoms with Gasteiger partial charge in [0.2, 0.25) is 0 Å². The SMILES string of the molecule is CCCCCC(C)(O)CC(C)(C)O. The van der Waals surface area contributed by atoms with E-state index < -0.39 is 11.2 Å². The quantitative estimate of drug-likeness (QED) is 0.629. The molecule has 2 N–H and O–H groups in total. The summed E-state index contributed by atoms with van der Waals surface area (Å²) >= 11 is 0. The van der Waals surface area contributed by atoms with Crippen LogP contribution in [0.1, 0.15) is 59.8 Å². The Balaban J connectivity index is 3.80. The second kappa shape index (κ2) is 4.97. The Morgan fingerprint density at radius 3 is 1.92 bits per heavy atom. The largest absolute Gasteiger partial charge is 0.390 e. The van der Waals surface area contributed by atoms with Crippen molar-refractivity contribution in [2.24, 2.45) is 0 Å². The first-order valence-electron chi connectivity index (χ1n) is 5.21. The van der Waals surface area contributed by atoms with Crippen molar-refractivity contribution in [1.29, 1.82) is 0 Å². The van der Waals surface area contributed by atoms with E-state index in [0.717, 1.165) is 19.3 Å². The van der Waals surface area contributed by atoms with E-state index in [-0.39, 0.29) is 0 Å². The maximum absolute atomic E-state index is 9.92. The fourth-order valence-corrected chi connectivity index (χ4v) is 1.78. The van der Waals surface area contributed by atoms with Crippen molar-refractivity contribution in [1.82, 2.24) is 0 Å². The minimum absolute atomic E-state index is 0.448. The van der Waals surface area contributed by atoms with Crippen molar-refractivity contribution in [3.05, 3.63) is 0 Å². The normalized spacial score (nSPS) is 17.1. The van der Waals surface area contributed by atoms with Crippen LogP contribution in [0.5, 0.6) is 0 Å². The van der Waals surface area contributed by atoms with Crippen molar-refractivity contribution in [2.45, 2.75) is 71.0 Å². The molecule has 0 aliphatic heterocycles. The smallest absolute Gasteiger partial charge is 0.0646 e. The summed E-state index contributed by atoms with van der Waals surface area (Å²) in [5.41, 5.74) is -1.48. The van der Waals surface area contributed by atoms with Crippen molar-refractivity contribution >= 4 is 0 Å². The fourth-order valence-electron chi connectivity index (χ4n) is 1.78. The lowest BCUT2D eigenvalue weighted by atomic mass is 9.87. The molecule has 0 amide bonds. The summed E-state index contributed by atoms with van der Waals surface area (Å²) in [5.74, 6) is 0. The third kappa shape index (κ3) is 8.26. The molecule has 0 aromatic rings. The van der Waals surface area contributed by atoms with Crippen LogP contribution in [0.2, 0.25) is 0 Å². The first-order chi connectivity index (χ1) is 5.77. The summed E-state index contributed by atoms with van der Waals surface area (Å²) < 4.78 is 0. The van der Waals surface area contributed by atoms with Crippen LogP contribution >= 0.6 is 0 Å². The Morgan fingerprint density at radius 2 is 1.54 bits per heavy atom. The van der Waals surface area contributed by atoms with Gasteiger partial charge in [-0.25, -0.2) is 0 Å². The minimum Gasteiger partial charge on any atom is -0.390 e. The average Bonchev–Trinajstić information content (AvgIpc) is 1.81. The molecule has 0 saturated heterocycles. The number of unbranched alkanes of at least 4 members (excludes halogenated alkanes) is 2. The van der Waals surface area contributed by atoms with Gasteiger partial charge in [0.1, 0.15) is 0 Å². The van der Waals surface area contributed by atoms with Gasteiger partial charge in [0.15, 0.2) is 0 Å². The minimum atomic E-state index is -0.768. The standard InChI is InChI=1S/C11H24O2/c1-5-6-7-8-11(4,13)9-10(2,3)12/h12-13H,5-9H2,1-4H3. The third-order valence-electron chi connectivity index (χ3n) is 2.13. The van der Waals surface area contributed by atoms with Crippen LogP contribution in [0.3, 0.4) is 0 Å². The molecular formula is C11H24O2. The van der Waals surface area contributed by atoms with E-state index in [4.69, 9.17) is 0 Å². The molecule has 0 saturated carbocycles. The highest BCUT2D eigenvalue weighted by atomic mass is 16.3. The van der Waals surface area contributed by atoms with E-state index in [1.165, 1.54) is 6.42 Å². The molecule has 80 valence electrons. The lowest BCUT2D eigenvalue weighted by molar-refractivity contribution is -0.0409. The maximum atomic E-state index is 9.92. The summed E-state index contributed by atoms with van der Waals surface area (Å²) in [5, 5.41) is 19.5. The van der Waals surface area contributed by atoms with Crippen LogP contribution in [0, 0.1) is 0 Å². The predicted octanol–water partition coefficient (Wildman–Crippen LogP) is 2.48. The van der Waals surface area contributed by atoms with E-state index in [0.29, 0.717) is 6.42 Å². The van der Waals surface area contributed by atoms with Crippen LogP contribution < -0.4 is 0 Å². The zero-order chi connectivity index (χ0) is 10.5. The van der Waals surface area contributed by atoms with Gasteiger partial charge in [-0.05, 0) is 27.2 Å². The Kier molecular flexibility index (Phi) is 4.93. The fraction of sp³-hybridized carbons (Fsp3) is 1.00. The van der Waals surface area contributed by atoms with Gasteiger partial charge in [-0.1, -0.05) is 26.2 Å². The zero-order valence-electron chi connectivity index (χ0n) is 9.43. The number of hydrogen-bond donors (Lipinski definition) is 2. The lowest BCUT2D eigenvalue weighted by Crippen LogP contribution is -2.35. The summed E-state index contributed by atoms with van der Waals surface area (Å²) in [6, 6.07) is 0.